The van der Waals surface area contributed by atoms with Gasteiger partial charge in [-0.15, -0.1) is 0 Å². The fourth-order valence-electron chi connectivity index (χ4n) is 2.49. The zero-order valence-corrected chi connectivity index (χ0v) is 17.1. The first-order valence-corrected chi connectivity index (χ1v) is 9.46. The summed E-state index contributed by atoms with van der Waals surface area (Å²) in [6.07, 6.45) is 0. The van der Waals surface area contributed by atoms with Crippen molar-refractivity contribution in [3.8, 4) is 0 Å². The molecule has 3 N–H and O–H groups in total. The molecular formula is C19H20BrN3O6. The van der Waals surface area contributed by atoms with Gasteiger partial charge in [-0.05, 0) is 30.7 Å². The van der Waals surface area contributed by atoms with E-state index in [-0.39, 0.29) is 36.1 Å². The number of amides is 1. The van der Waals surface area contributed by atoms with Crippen LogP contribution in [0.5, 0.6) is 0 Å². The molecule has 0 fully saturated rings. The van der Waals surface area contributed by atoms with Crippen molar-refractivity contribution in [2.24, 2.45) is 0 Å². The fourth-order valence-corrected chi connectivity index (χ4v) is 2.75. The number of aliphatic hydroxyl groups excluding tert-OH is 1. The summed E-state index contributed by atoms with van der Waals surface area (Å²) in [6.45, 7) is 1.20. The summed E-state index contributed by atoms with van der Waals surface area (Å²) in [4.78, 5) is 34.8. The van der Waals surface area contributed by atoms with Crippen LogP contribution in [0.2, 0.25) is 0 Å². The molecule has 0 saturated carbocycles. The van der Waals surface area contributed by atoms with E-state index in [0.717, 1.165) is 16.1 Å². The topological polar surface area (TPSA) is 131 Å². The molecular weight excluding hydrogens is 446 g/mol. The highest BCUT2D eigenvalue weighted by Crippen LogP contribution is 2.23. The third kappa shape index (κ3) is 6.54. The molecule has 0 radical (unpaired) electrons. The van der Waals surface area contributed by atoms with Gasteiger partial charge in [0, 0.05) is 28.8 Å². The predicted octanol–water partition coefficient (Wildman–Crippen LogP) is 2.80. The summed E-state index contributed by atoms with van der Waals surface area (Å²) in [6, 6.07) is 10.7. The molecule has 154 valence electrons. The number of aliphatic hydroxyl groups is 1. The molecule has 0 aliphatic carbocycles. The quantitative estimate of drug-likeness (QED) is 0.294. The van der Waals surface area contributed by atoms with Crippen LogP contribution < -0.4 is 10.6 Å². The van der Waals surface area contributed by atoms with Crippen molar-refractivity contribution in [1.82, 2.24) is 5.32 Å². The number of halogens is 1. The second kappa shape index (κ2) is 10.5. The summed E-state index contributed by atoms with van der Waals surface area (Å²) in [7, 11) is 0. The minimum atomic E-state index is -0.888. The van der Waals surface area contributed by atoms with Crippen LogP contribution in [0.4, 0.5) is 11.4 Å². The van der Waals surface area contributed by atoms with Gasteiger partial charge in [-0.25, -0.2) is 4.79 Å². The lowest BCUT2D eigenvalue weighted by Gasteiger charge is -2.15. The van der Waals surface area contributed by atoms with Crippen LogP contribution >= 0.6 is 15.9 Å². The van der Waals surface area contributed by atoms with Gasteiger partial charge in [-0.3, -0.25) is 14.9 Å². The Bertz CT molecular complexity index is 888. The highest BCUT2D eigenvalue weighted by atomic mass is 79.9. The third-order valence-corrected chi connectivity index (χ3v) is 4.47. The summed E-state index contributed by atoms with van der Waals surface area (Å²) in [5, 5.41) is 25.4. The number of nitrogens with one attached hydrogen (secondary N) is 2. The number of esters is 1. The van der Waals surface area contributed by atoms with E-state index in [1.54, 1.807) is 6.92 Å². The number of rotatable bonds is 9. The van der Waals surface area contributed by atoms with Crippen molar-refractivity contribution in [3.63, 3.8) is 0 Å². The number of nitro groups is 1. The predicted molar refractivity (Wildman–Crippen MR) is 110 cm³/mol. The Morgan fingerprint density at radius 3 is 2.55 bits per heavy atom. The Morgan fingerprint density at radius 1 is 1.24 bits per heavy atom. The van der Waals surface area contributed by atoms with Gasteiger partial charge in [-0.2, -0.15) is 0 Å². The van der Waals surface area contributed by atoms with Crippen LogP contribution in [0.3, 0.4) is 0 Å². The van der Waals surface area contributed by atoms with Crippen LogP contribution in [-0.4, -0.2) is 41.7 Å². The maximum atomic E-state index is 12.4. The lowest BCUT2D eigenvalue weighted by Crippen LogP contribution is -2.31. The van der Waals surface area contributed by atoms with Gasteiger partial charge in [0.05, 0.1) is 23.1 Å². The molecule has 1 atom stereocenters. The number of nitrogens with zero attached hydrogens (tertiary/aromatic N) is 1. The molecule has 9 nitrogen and oxygen atoms in total. The van der Waals surface area contributed by atoms with E-state index in [0.29, 0.717) is 0 Å². The van der Waals surface area contributed by atoms with Gasteiger partial charge < -0.3 is 20.5 Å². The van der Waals surface area contributed by atoms with Crippen LogP contribution in [0.15, 0.2) is 46.9 Å². The summed E-state index contributed by atoms with van der Waals surface area (Å²) < 4.78 is 5.93. The number of carbonyl (C=O) groups excluding carboxylic acids is 2. The Labute approximate surface area is 175 Å². The summed E-state index contributed by atoms with van der Waals surface area (Å²) in [5.41, 5.74) is 0.751. The van der Waals surface area contributed by atoms with Crippen molar-refractivity contribution in [2.45, 2.75) is 13.0 Å². The minimum Gasteiger partial charge on any atom is -0.452 e. The van der Waals surface area contributed by atoms with Crippen molar-refractivity contribution >= 4 is 39.2 Å². The molecule has 0 heterocycles. The van der Waals surface area contributed by atoms with Crippen LogP contribution in [0.1, 0.15) is 28.9 Å². The van der Waals surface area contributed by atoms with E-state index < -0.39 is 23.4 Å². The molecule has 10 heteroatoms. The van der Waals surface area contributed by atoms with Crippen LogP contribution in [0.25, 0.3) is 0 Å². The van der Waals surface area contributed by atoms with Gasteiger partial charge in [-0.1, -0.05) is 28.1 Å². The number of hydrogen-bond acceptors (Lipinski definition) is 7. The Morgan fingerprint density at radius 2 is 1.93 bits per heavy atom. The standard InChI is InChI=1S/C19H20BrN3O6/c1-12(13-2-4-14(20)5-3-13)22-18(25)11-29-19(26)16-10-15(23(27)28)6-7-17(16)21-8-9-24/h2-7,10,12,21,24H,8-9,11H2,1H3,(H,22,25). The molecule has 0 bridgehead atoms. The lowest BCUT2D eigenvalue weighted by molar-refractivity contribution is -0.384. The number of hydrogen-bond donors (Lipinski definition) is 3. The second-order valence-electron chi connectivity index (χ2n) is 6.05. The monoisotopic (exact) mass is 465 g/mol. The number of non-ortho nitro benzene ring substituents is 1. The molecule has 2 aromatic rings. The van der Waals surface area contributed by atoms with E-state index in [2.05, 4.69) is 26.6 Å². The number of carbonyl (C=O) groups is 2. The van der Waals surface area contributed by atoms with Gasteiger partial charge >= 0.3 is 5.97 Å². The molecule has 1 unspecified atom stereocenters. The maximum Gasteiger partial charge on any atom is 0.341 e. The highest BCUT2D eigenvalue weighted by Gasteiger charge is 2.19. The van der Waals surface area contributed by atoms with E-state index in [9.17, 15) is 19.7 Å². The van der Waals surface area contributed by atoms with Gasteiger partial charge in [0.2, 0.25) is 0 Å². The van der Waals surface area contributed by atoms with E-state index >= 15 is 0 Å². The SMILES string of the molecule is CC(NC(=O)COC(=O)c1cc([N+](=O)[O-])ccc1NCCO)c1ccc(Br)cc1. The summed E-state index contributed by atoms with van der Waals surface area (Å²) >= 11 is 3.34. The van der Waals surface area contributed by atoms with E-state index in [1.165, 1.54) is 12.1 Å². The van der Waals surface area contributed by atoms with E-state index in [4.69, 9.17) is 9.84 Å². The average Bonchev–Trinajstić information content (AvgIpc) is 2.70. The Balaban J connectivity index is 2.01. The molecule has 2 rings (SSSR count). The minimum absolute atomic E-state index is 0.0959. The molecule has 2 aromatic carbocycles. The average molecular weight is 466 g/mol. The number of anilines is 1. The number of nitro benzene ring substituents is 1. The first kappa shape index (κ1) is 22.3. The van der Waals surface area contributed by atoms with Crippen molar-refractivity contribution in [2.75, 3.05) is 25.1 Å². The van der Waals surface area contributed by atoms with Gasteiger partial charge in [0.25, 0.3) is 11.6 Å². The van der Waals surface area contributed by atoms with Gasteiger partial charge in [0.1, 0.15) is 0 Å². The first-order chi connectivity index (χ1) is 13.8. The zero-order valence-electron chi connectivity index (χ0n) is 15.6. The largest absolute Gasteiger partial charge is 0.452 e. The molecule has 29 heavy (non-hydrogen) atoms. The summed E-state index contributed by atoms with van der Waals surface area (Å²) in [5.74, 6) is -1.40. The van der Waals surface area contributed by atoms with E-state index in [1.807, 2.05) is 24.3 Å². The Hall–Kier alpha value is -2.98. The molecule has 1 amide bonds. The smallest absolute Gasteiger partial charge is 0.341 e. The van der Waals surface area contributed by atoms with Crippen LogP contribution in [0, 0.1) is 10.1 Å². The Kier molecular flexibility index (Phi) is 8.10. The zero-order chi connectivity index (χ0) is 21.4. The second-order valence-corrected chi connectivity index (χ2v) is 6.97. The third-order valence-electron chi connectivity index (χ3n) is 3.94. The van der Waals surface area contributed by atoms with Crippen molar-refractivity contribution in [3.05, 3.63) is 68.2 Å². The molecule has 0 saturated heterocycles. The first-order valence-electron chi connectivity index (χ1n) is 8.67. The van der Waals surface area contributed by atoms with Crippen LogP contribution in [-0.2, 0) is 9.53 Å². The van der Waals surface area contributed by atoms with Crippen molar-refractivity contribution in [1.29, 1.82) is 0 Å². The highest BCUT2D eigenvalue weighted by molar-refractivity contribution is 9.10. The van der Waals surface area contributed by atoms with Gasteiger partial charge in [0.15, 0.2) is 6.61 Å². The number of benzene rings is 2. The fraction of sp³-hybridized carbons (Fsp3) is 0.263. The number of ether oxygens (including phenoxy) is 1. The normalized spacial score (nSPS) is 11.4. The molecule has 0 aliphatic heterocycles. The molecule has 0 spiro atoms. The van der Waals surface area contributed by atoms with Crippen molar-refractivity contribution < 1.29 is 24.4 Å². The lowest BCUT2D eigenvalue weighted by atomic mass is 10.1. The molecule has 0 aromatic heterocycles. The molecule has 0 aliphatic rings. The maximum absolute atomic E-state index is 12.4.